The second kappa shape index (κ2) is 35.0. The first-order valence-corrected chi connectivity index (χ1v) is 20.0. The maximum Gasteiger partial charge on any atom is 0.0949 e. The van der Waals surface area contributed by atoms with Crippen LogP contribution in [-0.2, 0) is 9.47 Å². The molecule has 0 bridgehead atoms. The number of imidazole rings is 1. The first-order valence-electron chi connectivity index (χ1n) is 20.0. The molecule has 0 radical (unpaired) electrons. The Kier molecular flexibility index (Phi) is 32.7. The third-order valence-corrected chi connectivity index (χ3v) is 9.37. The summed E-state index contributed by atoms with van der Waals surface area (Å²) in [6.45, 7) is 8.05. The van der Waals surface area contributed by atoms with Gasteiger partial charge in [0.25, 0.3) is 0 Å². The molecule has 44 heavy (non-hydrogen) atoms. The van der Waals surface area contributed by atoms with Crippen LogP contribution in [0.4, 0.5) is 0 Å². The van der Waals surface area contributed by atoms with E-state index in [0.717, 1.165) is 39.3 Å². The molecule has 0 aliphatic rings. The molecule has 1 atom stereocenters. The van der Waals surface area contributed by atoms with Gasteiger partial charge in [-0.15, -0.1) is 0 Å². The van der Waals surface area contributed by atoms with Crippen LogP contribution in [0.15, 0.2) is 18.7 Å². The fourth-order valence-corrected chi connectivity index (χ4v) is 6.34. The van der Waals surface area contributed by atoms with Gasteiger partial charge in [-0.2, -0.15) is 0 Å². The lowest BCUT2D eigenvalue weighted by Crippen LogP contribution is -2.16. The van der Waals surface area contributed by atoms with Crippen LogP contribution >= 0.6 is 0 Å². The van der Waals surface area contributed by atoms with Gasteiger partial charge in [-0.3, -0.25) is 0 Å². The largest absolute Gasteiger partial charge is 0.381 e. The molecule has 0 unspecified atom stereocenters. The molecule has 0 aliphatic heterocycles. The monoisotopic (exact) mass is 619 g/mol. The maximum absolute atomic E-state index is 6.12. The zero-order chi connectivity index (χ0) is 31.4. The molecular weight excluding hydrogens is 540 g/mol. The van der Waals surface area contributed by atoms with Crippen LogP contribution in [0.2, 0.25) is 0 Å². The van der Waals surface area contributed by atoms with Gasteiger partial charge >= 0.3 is 0 Å². The third-order valence-electron chi connectivity index (χ3n) is 9.37. The number of hydrogen-bond acceptors (Lipinski definition) is 3. The summed E-state index contributed by atoms with van der Waals surface area (Å²) >= 11 is 0. The fraction of sp³-hybridized carbons (Fsp3) is 0.925. The summed E-state index contributed by atoms with van der Waals surface area (Å²) < 4.78 is 14.3. The second-order valence-corrected chi connectivity index (χ2v) is 13.7. The highest BCUT2D eigenvalue weighted by Gasteiger charge is 2.10. The minimum atomic E-state index is 0.369. The number of nitrogens with zero attached hydrogens (tertiary/aromatic N) is 2. The van der Waals surface area contributed by atoms with Crippen molar-refractivity contribution in [3.8, 4) is 0 Å². The van der Waals surface area contributed by atoms with Gasteiger partial charge in [0, 0.05) is 32.2 Å². The number of ether oxygens (including phenoxy) is 2. The Morgan fingerprint density at radius 3 is 1.20 bits per heavy atom. The SMILES string of the molecule is CCCCCCCCCCCCCCCCOCCC[C@@H](COCCCCCCCCCCCCCCCC)n1ccnc1. The van der Waals surface area contributed by atoms with Crippen molar-refractivity contribution in [3.63, 3.8) is 0 Å². The molecule has 260 valence electrons. The molecule has 0 spiro atoms. The Balaban J connectivity index is 1.88. The van der Waals surface area contributed by atoms with E-state index >= 15 is 0 Å². The third kappa shape index (κ3) is 28.6. The van der Waals surface area contributed by atoms with Crippen LogP contribution in [0.1, 0.15) is 213 Å². The van der Waals surface area contributed by atoms with Crippen molar-refractivity contribution < 1.29 is 9.47 Å². The normalized spacial score (nSPS) is 12.3. The zero-order valence-corrected chi connectivity index (χ0v) is 30.1. The van der Waals surface area contributed by atoms with Gasteiger partial charge in [0.15, 0.2) is 0 Å². The predicted octanol–water partition coefficient (Wildman–Crippen LogP) is 13.2. The van der Waals surface area contributed by atoms with Gasteiger partial charge in [-0.05, 0) is 25.7 Å². The smallest absolute Gasteiger partial charge is 0.0949 e. The zero-order valence-electron chi connectivity index (χ0n) is 30.1. The van der Waals surface area contributed by atoms with Crippen LogP contribution in [0.25, 0.3) is 0 Å². The van der Waals surface area contributed by atoms with Crippen molar-refractivity contribution in [3.05, 3.63) is 18.7 Å². The summed E-state index contributed by atoms with van der Waals surface area (Å²) in [4.78, 5) is 4.27. The molecule has 4 heteroatoms. The molecular formula is C40H78N2O2. The first kappa shape index (κ1) is 41.2. The maximum atomic E-state index is 6.12. The number of aromatic nitrogens is 2. The Labute approximate surface area is 276 Å². The Bertz CT molecular complexity index is 635. The summed E-state index contributed by atoms with van der Waals surface area (Å²) in [5, 5.41) is 0. The summed E-state index contributed by atoms with van der Waals surface area (Å²) in [6.07, 6.45) is 47.3. The van der Waals surface area contributed by atoms with Gasteiger partial charge in [0.05, 0.1) is 19.0 Å². The van der Waals surface area contributed by atoms with E-state index in [4.69, 9.17) is 9.47 Å². The molecule has 1 aromatic rings. The average Bonchev–Trinajstić information content (AvgIpc) is 3.58. The highest BCUT2D eigenvalue weighted by atomic mass is 16.5. The van der Waals surface area contributed by atoms with Gasteiger partial charge in [-0.25, -0.2) is 4.98 Å². The van der Waals surface area contributed by atoms with Gasteiger partial charge in [0.2, 0.25) is 0 Å². The number of hydrogen-bond donors (Lipinski definition) is 0. The Morgan fingerprint density at radius 2 is 0.818 bits per heavy atom. The fourth-order valence-electron chi connectivity index (χ4n) is 6.34. The van der Waals surface area contributed by atoms with E-state index in [-0.39, 0.29) is 0 Å². The van der Waals surface area contributed by atoms with E-state index < -0.39 is 0 Å². The predicted molar refractivity (Wildman–Crippen MR) is 193 cm³/mol. The van der Waals surface area contributed by atoms with E-state index in [2.05, 4.69) is 29.6 Å². The average molecular weight is 619 g/mol. The van der Waals surface area contributed by atoms with Crippen molar-refractivity contribution in [2.75, 3.05) is 26.4 Å². The lowest BCUT2D eigenvalue weighted by atomic mass is 10.0. The van der Waals surface area contributed by atoms with Gasteiger partial charge in [0.1, 0.15) is 0 Å². The van der Waals surface area contributed by atoms with Crippen LogP contribution < -0.4 is 0 Å². The molecule has 0 aliphatic carbocycles. The van der Waals surface area contributed by atoms with E-state index in [1.165, 1.54) is 180 Å². The van der Waals surface area contributed by atoms with Crippen LogP contribution in [-0.4, -0.2) is 36.0 Å². The molecule has 1 heterocycles. The van der Waals surface area contributed by atoms with E-state index in [0.29, 0.717) is 6.04 Å². The van der Waals surface area contributed by atoms with Crippen molar-refractivity contribution in [2.24, 2.45) is 0 Å². The molecule has 1 rings (SSSR count). The summed E-state index contributed by atoms with van der Waals surface area (Å²) in [5.41, 5.74) is 0. The van der Waals surface area contributed by atoms with Crippen molar-refractivity contribution in [1.82, 2.24) is 9.55 Å². The second-order valence-electron chi connectivity index (χ2n) is 13.7. The molecule has 0 aromatic carbocycles. The molecule has 0 saturated heterocycles. The van der Waals surface area contributed by atoms with E-state index in [1.54, 1.807) is 0 Å². The van der Waals surface area contributed by atoms with Crippen molar-refractivity contribution >= 4 is 0 Å². The van der Waals surface area contributed by atoms with Crippen molar-refractivity contribution in [1.29, 1.82) is 0 Å². The Morgan fingerprint density at radius 1 is 0.455 bits per heavy atom. The summed E-state index contributed by atoms with van der Waals surface area (Å²) in [5.74, 6) is 0. The molecule has 0 fully saturated rings. The van der Waals surface area contributed by atoms with E-state index in [1.807, 2.05) is 12.5 Å². The first-order chi connectivity index (χ1) is 21.9. The van der Waals surface area contributed by atoms with Crippen LogP contribution in [0, 0.1) is 0 Å². The minimum Gasteiger partial charge on any atom is -0.381 e. The summed E-state index contributed by atoms with van der Waals surface area (Å²) in [7, 11) is 0. The standard InChI is InChI=1S/C40H78N2O2/c1-3-5-7-9-11-13-15-17-19-21-23-25-27-29-35-43-37-31-32-40(42-34-33-41-39-42)38-44-36-30-28-26-24-22-20-18-16-14-12-10-8-6-4-2/h33-34,39-40H,3-32,35-38H2,1-2H3/t40-/m0/s1. The highest BCUT2D eigenvalue weighted by Crippen LogP contribution is 2.17. The lowest BCUT2D eigenvalue weighted by Gasteiger charge is -2.18. The molecule has 4 nitrogen and oxygen atoms in total. The summed E-state index contributed by atoms with van der Waals surface area (Å²) in [6, 6.07) is 0.369. The van der Waals surface area contributed by atoms with Crippen LogP contribution in [0.3, 0.4) is 0 Å². The van der Waals surface area contributed by atoms with Crippen LogP contribution in [0.5, 0.6) is 0 Å². The van der Waals surface area contributed by atoms with Gasteiger partial charge in [-0.1, -0.05) is 181 Å². The number of unbranched alkanes of at least 4 members (excludes halogenated alkanes) is 26. The molecule has 0 amide bonds. The lowest BCUT2D eigenvalue weighted by molar-refractivity contribution is 0.0852. The number of rotatable bonds is 37. The van der Waals surface area contributed by atoms with E-state index in [9.17, 15) is 0 Å². The van der Waals surface area contributed by atoms with Crippen molar-refractivity contribution in [2.45, 2.75) is 213 Å². The Hall–Kier alpha value is -0.870. The topological polar surface area (TPSA) is 36.3 Å². The van der Waals surface area contributed by atoms with Gasteiger partial charge < -0.3 is 14.0 Å². The molecule has 0 saturated carbocycles. The highest BCUT2D eigenvalue weighted by molar-refractivity contribution is 4.80. The quantitative estimate of drug-likeness (QED) is 0.0696. The minimum absolute atomic E-state index is 0.369. The molecule has 0 N–H and O–H groups in total. The molecule has 1 aromatic heterocycles.